The Kier molecular flexibility index (Phi) is 5.16. The van der Waals surface area contributed by atoms with Gasteiger partial charge in [-0.1, -0.05) is 18.2 Å². The average Bonchev–Trinajstić information content (AvgIpc) is 2.88. The van der Waals surface area contributed by atoms with E-state index in [0.717, 1.165) is 16.5 Å². The Bertz CT molecular complexity index is 663. The number of carbonyl (C=O) groups is 2. The van der Waals surface area contributed by atoms with E-state index in [2.05, 4.69) is 10.3 Å². The number of hydrogen-bond acceptors (Lipinski definition) is 4. The molecule has 6 nitrogen and oxygen atoms in total. The molecule has 0 spiro atoms. The number of H-pyrrole nitrogens is 1. The summed E-state index contributed by atoms with van der Waals surface area (Å²) >= 11 is 0. The molecule has 22 heavy (non-hydrogen) atoms. The summed E-state index contributed by atoms with van der Waals surface area (Å²) in [4.78, 5) is 25.7. The van der Waals surface area contributed by atoms with Crippen LogP contribution < -0.4 is 10.4 Å². The van der Waals surface area contributed by atoms with Crippen molar-refractivity contribution in [3.05, 3.63) is 36.0 Å². The molecule has 0 saturated heterocycles. The molecule has 0 radical (unpaired) electrons. The van der Waals surface area contributed by atoms with Crippen molar-refractivity contribution in [1.29, 1.82) is 0 Å². The molecule has 118 valence electrons. The van der Waals surface area contributed by atoms with Crippen molar-refractivity contribution >= 4 is 22.8 Å². The van der Waals surface area contributed by atoms with Gasteiger partial charge >= 0.3 is 0 Å². The minimum atomic E-state index is -1.49. The largest absolute Gasteiger partial charge is 0.548 e. The summed E-state index contributed by atoms with van der Waals surface area (Å²) in [7, 11) is 0. The van der Waals surface area contributed by atoms with Gasteiger partial charge in [0, 0.05) is 23.5 Å². The number of carbonyl (C=O) groups excluding carboxylic acids is 2. The molecule has 0 fully saturated rings. The Balaban J connectivity index is 1.85. The van der Waals surface area contributed by atoms with Gasteiger partial charge in [0.25, 0.3) is 0 Å². The van der Waals surface area contributed by atoms with Crippen LogP contribution in [0.2, 0.25) is 0 Å². The maximum Gasteiger partial charge on any atom is 0.220 e. The maximum absolute atomic E-state index is 11.7. The number of nitrogens with one attached hydrogen (secondary N) is 2. The summed E-state index contributed by atoms with van der Waals surface area (Å²) in [6.07, 6.45) is 2.22. The molecule has 2 aromatic rings. The number of benzene rings is 1. The smallest absolute Gasteiger partial charge is 0.220 e. The predicted molar refractivity (Wildman–Crippen MR) is 79.9 cm³/mol. The van der Waals surface area contributed by atoms with Crippen molar-refractivity contribution in [2.45, 2.75) is 38.3 Å². The highest BCUT2D eigenvalue weighted by Crippen LogP contribution is 2.19. The number of hydrogen-bond donors (Lipinski definition) is 3. The first-order valence-corrected chi connectivity index (χ1v) is 7.22. The van der Waals surface area contributed by atoms with Crippen molar-refractivity contribution in [3.8, 4) is 0 Å². The first-order valence-electron chi connectivity index (χ1n) is 7.22. The zero-order valence-corrected chi connectivity index (χ0v) is 12.3. The molecule has 0 bridgehead atoms. The minimum absolute atomic E-state index is 0.190. The normalized spacial score (nSPS) is 13.7. The molecule has 1 heterocycles. The Hall–Kier alpha value is -2.34. The molecule has 1 amide bonds. The van der Waals surface area contributed by atoms with Crippen LogP contribution in [0, 0.1) is 0 Å². The lowest BCUT2D eigenvalue weighted by atomic mass is 10.1. The molecule has 0 aliphatic carbocycles. The molecule has 0 aliphatic heterocycles. The van der Waals surface area contributed by atoms with Crippen LogP contribution >= 0.6 is 0 Å². The van der Waals surface area contributed by atoms with Crippen molar-refractivity contribution < 1.29 is 19.8 Å². The lowest BCUT2D eigenvalue weighted by molar-refractivity contribution is -0.310. The van der Waals surface area contributed by atoms with Gasteiger partial charge in [-0.25, -0.2) is 0 Å². The molecular formula is C16H19N2O4-. The number of aliphatic carboxylic acids is 1. The minimum Gasteiger partial charge on any atom is -0.548 e. The number of rotatable bonds is 7. The second kappa shape index (κ2) is 7.09. The van der Waals surface area contributed by atoms with E-state index in [4.69, 9.17) is 0 Å². The molecular weight excluding hydrogens is 284 g/mol. The van der Waals surface area contributed by atoms with Gasteiger partial charge in [0.2, 0.25) is 5.91 Å². The van der Waals surface area contributed by atoms with Crippen LogP contribution in [0.1, 0.15) is 25.3 Å². The monoisotopic (exact) mass is 303 g/mol. The molecule has 0 unspecified atom stereocenters. The van der Waals surface area contributed by atoms with Crippen LogP contribution in [-0.2, 0) is 16.0 Å². The predicted octanol–water partition coefficient (Wildman–Crippen LogP) is 0.106. The zero-order valence-electron chi connectivity index (χ0n) is 12.3. The van der Waals surface area contributed by atoms with Crippen LogP contribution in [0.5, 0.6) is 0 Å². The number of carboxylic acid groups (broad SMARTS) is 1. The third-order valence-electron chi connectivity index (χ3n) is 3.58. The quantitative estimate of drug-likeness (QED) is 0.675. The van der Waals surface area contributed by atoms with E-state index >= 15 is 0 Å². The van der Waals surface area contributed by atoms with Gasteiger partial charge in [0.05, 0.1) is 18.1 Å². The lowest BCUT2D eigenvalue weighted by Crippen LogP contribution is -2.53. The van der Waals surface area contributed by atoms with Crippen LogP contribution in [0.3, 0.4) is 0 Å². The maximum atomic E-state index is 11.7. The molecule has 0 saturated carbocycles. The number of aromatic nitrogens is 1. The van der Waals surface area contributed by atoms with Gasteiger partial charge in [-0.05, 0) is 31.4 Å². The van der Waals surface area contributed by atoms with Crippen LogP contribution in [-0.4, -0.2) is 34.1 Å². The van der Waals surface area contributed by atoms with Gasteiger partial charge in [0.1, 0.15) is 0 Å². The number of carboxylic acids is 1. The summed E-state index contributed by atoms with van der Waals surface area (Å²) in [6, 6.07) is 6.53. The molecule has 6 heteroatoms. The molecule has 1 aromatic heterocycles. The Labute approximate surface area is 128 Å². The summed E-state index contributed by atoms with van der Waals surface area (Å²) in [5.41, 5.74) is 2.17. The topological polar surface area (TPSA) is 105 Å². The fourth-order valence-corrected chi connectivity index (χ4v) is 2.40. The molecule has 0 aliphatic rings. The number of para-hydroxylation sites is 1. The number of amides is 1. The Morgan fingerprint density at radius 2 is 2.09 bits per heavy atom. The molecule has 3 N–H and O–H groups in total. The molecule has 2 atom stereocenters. The van der Waals surface area contributed by atoms with E-state index in [-0.39, 0.29) is 6.42 Å². The average molecular weight is 303 g/mol. The highest BCUT2D eigenvalue weighted by atomic mass is 16.4. The van der Waals surface area contributed by atoms with Crippen molar-refractivity contribution in [3.63, 3.8) is 0 Å². The third-order valence-corrected chi connectivity index (χ3v) is 3.58. The fraction of sp³-hybridized carbons (Fsp3) is 0.375. The SMILES string of the molecule is C[C@@H](O)[C@@H](NC(=O)CCCc1c[nH]c2ccccc12)C(=O)[O-]. The van der Waals surface area contributed by atoms with Crippen molar-refractivity contribution in [1.82, 2.24) is 10.3 Å². The number of aromatic amines is 1. The van der Waals surface area contributed by atoms with E-state index in [1.165, 1.54) is 6.92 Å². The van der Waals surface area contributed by atoms with Crippen molar-refractivity contribution in [2.24, 2.45) is 0 Å². The van der Waals surface area contributed by atoms with E-state index in [9.17, 15) is 19.8 Å². The molecule has 1 aromatic carbocycles. The van der Waals surface area contributed by atoms with E-state index in [1.807, 2.05) is 30.5 Å². The number of aliphatic hydroxyl groups is 1. The second-order valence-electron chi connectivity index (χ2n) is 5.32. The summed E-state index contributed by atoms with van der Waals surface area (Å²) in [6.45, 7) is 1.30. The molecule has 2 rings (SSSR count). The van der Waals surface area contributed by atoms with Crippen LogP contribution in [0.15, 0.2) is 30.5 Å². The second-order valence-corrected chi connectivity index (χ2v) is 5.32. The first-order chi connectivity index (χ1) is 10.5. The van der Waals surface area contributed by atoms with Crippen molar-refractivity contribution in [2.75, 3.05) is 0 Å². The highest BCUT2D eigenvalue weighted by molar-refractivity contribution is 5.84. The zero-order chi connectivity index (χ0) is 16.1. The van der Waals surface area contributed by atoms with E-state index in [1.54, 1.807) is 0 Å². The fourth-order valence-electron chi connectivity index (χ4n) is 2.40. The van der Waals surface area contributed by atoms with Gasteiger partial charge in [-0.2, -0.15) is 0 Å². The Morgan fingerprint density at radius 3 is 2.77 bits per heavy atom. The third kappa shape index (κ3) is 3.85. The van der Waals surface area contributed by atoms with Crippen LogP contribution in [0.25, 0.3) is 10.9 Å². The van der Waals surface area contributed by atoms with E-state index in [0.29, 0.717) is 12.8 Å². The van der Waals surface area contributed by atoms with Gasteiger partial charge in [0.15, 0.2) is 0 Å². The van der Waals surface area contributed by atoms with Crippen LogP contribution in [0.4, 0.5) is 0 Å². The summed E-state index contributed by atoms with van der Waals surface area (Å²) in [5.74, 6) is -1.89. The standard InChI is InChI=1S/C16H20N2O4/c1-10(19)15(16(21)22)18-14(20)8-4-5-11-9-17-13-7-3-2-6-12(11)13/h2-3,6-7,9-10,15,17,19H,4-5,8H2,1H3,(H,18,20)(H,21,22)/p-1/t10-,15-/m1/s1. The first kappa shape index (κ1) is 16.0. The van der Waals surface area contributed by atoms with Gasteiger partial charge < -0.3 is 25.3 Å². The van der Waals surface area contributed by atoms with Gasteiger partial charge in [-0.15, -0.1) is 0 Å². The number of aryl methyl sites for hydroxylation is 1. The lowest BCUT2D eigenvalue weighted by Gasteiger charge is -2.22. The summed E-state index contributed by atoms with van der Waals surface area (Å²) < 4.78 is 0. The summed E-state index contributed by atoms with van der Waals surface area (Å²) in [5, 5.41) is 23.5. The number of aliphatic hydroxyl groups excluding tert-OH is 1. The Morgan fingerprint density at radius 1 is 1.36 bits per heavy atom. The van der Waals surface area contributed by atoms with E-state index < -0.39 is 24.0 Å². The number of fused-ring (bicyclic) bond motifs is 1. The van der Waals surface area contributed by atoms with Gasteiger partial charge in [-0.3, -0.25) is 4.79 Å². The highest BCUT2D eigenvalue weighted by Gasteiger charge is 2.18.